The predicted molar refractivity (Wildman–Crippen MR) is 79.5 cm³/mol. The second kappa shape index (κ2) is 11.3. The predicted octanol–water partition coefficient (Wildman–Crippen LogP) is 4.89. The van der Waals surface area contributed by atoms with Crippen molar-refractivity contribution in [1.82, 2.24) is 0 Å². The molecule has 20 heavy (non-hydrogen) atoms. The van der Waals surface area contributed by atoms with Gasteiger partial charge in [-0.05, 0) is 31.2 Å². The van der Waals surface area contributed by atoms with Crippen LogP contribution in [0.15, 0.2) is 73.3 Å². The first kappa shape index (κ1) is 17.2. The minimum Gasteiger partial charge on any atom is -0.457 e. The molecule has 4 nitrogen and oxygen atoms in total. The van der Waals surface area contributed by atoms with Crippen molar-refractivity contribution in [1.29, 1.82) is 0 Å². The standard InChI is InChI=1S/C12H10O.C3H6.CH2O3/c1-3-7-11(8-4-1)13-12-9-5-2-6-10-12;1-3-2;2-1(3)4/h1-10H;3H,1H2,2H3;(H2,2,3,4). The highest BCUT2D eigenvalue weighted by Crippen LogP contribution is 2.19. The maximum absolute atomic E-state index is 8.56. The molecule has 0 aliphatic heterocycles. The molecule has 0 amide bonds. The molecule has 0 unspecified atom stereocenters. The Morgan fingerprint density at radius 1 is 0.950 bits per heavy atom. The van der Waals surface area contributed by atoms with E-state index in [4.69, 9.17) is 19.7 Å². The Balaban J connectivity index is 0.000000438. The molecule has 2 rings (SSSR count). The highest BCUT2D eigenvalue weighted by Gasteiger charge is 1.92. The Morgan fingerprint density at radius 3 is 1.45 bits per heavy atom. The van der Waals surface area contributed by atoms with E-state index in [1.807, 2.05) is 67.6 Å². The van der Waals surface area contributed by atoms with Gasteiger partial charge in [0.05, 0.1) is 0 Å². The van der Waals surface area contributed by atoms with Crippen LogP contribution >= 0.6 is 0 Å². The molecule has 4 heteroatoms. The molecular weight excluding hydrogens is 256 g/mol. The van der Waals surface area contributed by atoms with Crippen molar-refractivity contribution in [2.24, 2.45) is 0 Å². The summed E-state index contributed by atoms with van der Waals surface area (Å²) in [5, 5.41) is 13.9. The van der Waals surface area contributed by atoms with E-state index in [0.717, 1.165) is 11.5 Å². The number of hydrogen-bond donors (Lipinski definition) is 2. The third-order valence-corrected chi connectivity index (χ3v) is 1.72. The molecule has 2 aromatic carbocycles. The van der Waals surface area contributed by atoms with Gasteiger partial charge in [-0.25, -0.2) is 4.79 Å². The van der Waals surface area contributed by atoms with E-state index in [2.05, 4.69) is 6.58 Å². The summed E-state index contributed by atoms with van der Waals surface area (Å²) < 4.78 is 5.58. The monoisotopic (exact) mass is 274 g/mol. The molecule has 0 radical (unpaired) electrons. The van der Waals surface area contributed by atoms with Crippen molar-refractivity contribution in [3.05, 3.63) is 73.3 Å². The summed E-state index contributed by atoms with van der Waals surface area (Å²) in [6.07, 6.45) is -0.0833. The van der Waals surface area contributed by atoms with E-state index < -0.39 is 6.16 Å². The Labute approximate surface area is 118 Å². The third kappa shape index (κ3) is 10.4. The van der Waals surface area contributed by atoms with E-state index in [9.17, 15) is 0 Å². The second-order valence-electron chi connectivity index (χ2n) is 3.42. The molecule has 0 fully saturated rings. The first-order valence-electron chi connectivity index (χ1n) is 5.87. The zero-order chi connectivity index (χ0) is 15.2. The average molecular weight is 274 g/mol. The van der Waals surface area contributed by atoms with Crippen LogP contribution < -0.4 is 4.74 Å². The van der Waals surface area contributed by atoms with Crippen molar-refractivity contribution >= 4 is 6.16 Å². The highest BCUT2D eigenvalue weighted by molar-refractivity contribution is 5.53. The molecule has 0 aromatic heterocycles. The smallest absolute Gasteiger partial charge is 0.457 e. The zero-order valence-corrected chi connectivity index (χ0v) is 11.3. The van der Waals surface area contributed by atoms with Crippen LogP contribution in [0.25, 0.3) is 0 Å². The Hall–Kier alpha value is -2.75. The summed E-state index contributed by atoms with van der Waals surface area (Å²) in [6.45, 7) is 5.25. The van der Waals surface area contributed by atoms with Crippen LogP contribution in [0.4, 0.5) is 4.79 Å². The molecule has 0 saturated carbocycles. The van der Waals surface area contributed by atoms with Gasteiger partial charge >= 0.3 is 6.16 Å². The maximum atomic E-state index is 8.56. The van der Waals surface area contributed by atoms with Crippen molar-refractivity contribution < 1.29 is 19.7 Å². The molecule has 2 aromatic rings. The zero-order valence-electron chi connectivity index (χ0n) is 11.3. The van der Waals surface area contributed by atoms with Gasteiger partial charge in [0.25, 0.3) is 0 Å². The van der Waals surface area contributed by atoms with Gasteiger partial charge < -0.3 is 14.9 Å². The number of rotatable bonds is 2. The fraction of sp³-hybridized carbons (Fsp3) is 0.0625. The number of hydrogen-bond acceptors (Lipinski definition) is 2. The van der Waals surface area contributed by atoms with Crippen LogP contribution in [-0.2, 0) is 0 Å². The summed E-state index contributed by atoms with van der Waals surface area (Å²) in [5.41, 5.74) is 0. The lowest BCUT2D eigenvalue weighted by Crippen LogP contribution is -1.81. The molecule has 0 bridgehead atoms. The number of carbonyl (C=O) groups is 1. The van der Waals surface area contributed by atoms with Gasteiger partial charge in [-0.15, -0.1) is 6.58 Å². The van der Waals surface area contributed by atoms with Gasteiger partial charge in [0.2, 0.25) is 0 Å². The van der Waals surface area contributed by atoms with E-state index >= 15 is 0 Å². The van der Waals surface area contributed by atoms with Crippen LogP contribution in [0.1, 0.15) is 6.92 Å². The van der Waals surface area contributed by atoms with Crippen LogP contribution in [-0.4, -0.2) is 16.4 Å². The molecule has 0 spiro atoms. The summed E-state index contributed by atoms with van der Waals surface area (Å²) in [6, 6.07) is 19.5. The Morgan fingerprint density at radius 2 is 1.20 bits per heavy atom. The van der Waals surface area contributed by atoms with Crippen LogP contribution in [0.3, 0.4) is 0 Å². The van der Waals surface area contributed by atoms with Crippen LogP contribution in [0.2, 0.25) is 0 Å². The van der Waals surface area contributed by atoms with E-state index in [1.54, 1.807) is 6.08 Å². The SMILES string of the molecule is C=CC.O=C(O)O.c1ccc(Oc2ccccc2)cc1. The Kier molecular flexibility index (Phi) is 9.79. The summed E-state index contributed by atoms with van der Waals surface area (Å²) in [4.78, 5) is 8.56. The Bertz CT molecular complexity index is 439. The highest BCUT2D eigenvalue weighted by atomic mass is 16.6. The lowest BCUT2D eigenvalue weighted by atomic mass is 10.3. The number of carboxylic acid groups (broad SMARTS) is 2. The van der Waals surface area contributed by atoms with Crippen molar-refractivity contribution in [2.75, 3.05) is 0 Å². The summed E-state index contributed by atoms with van der Waals surface area (Å²) >= 11 is 0. The number of allylic oxidation sites excluding steroid dienone is 1. The topological polar surface area (TPSA) is 66.8 Å². The average Bonchev–Trinajstić information content (AvgIpc) is 2.41. The third-order valence-electron chi connectivity index (χ3n) is 1.72. The number of ether oxygens (including phenoxy) is 1. The number of benzene rings is 2. The molecule has 0 saturated heterocycles. The van der Waals surface area contributed by atoms with E-state index in [-0.39, 0.29) is 0 Å². The molecule has 0 heterocycles. The minimum atomic E-state index is -1.83. The summed E-state index contributed by atoms with van der Waals surface area (Å²) in [7, 11) is 0. The van der Waals surface area contributed by atoms with Gasteiger partial charge in [-0.1, -0.05) is 42.5 Å². The fourth-order valence-corrected chi connectivity index (χ4v) is 1.11. The maximum Gasteiger partial charge on any atom is 0.503 e. The normalized spacial score (nSPS) is 8.05. The molecule has 0 aliphatic rings. The van der Waals surface area contributed by atoms with Gasteiger partial charge in [-0.3, -0.25) is 0 Å². The van der Waals surface area contributed by atoms with Crippen LogP contribution in [0.5, 0.6) is 11.5 Å². The largest absolute Gasteiger partial charge is 0.503 e. The first-order valence-corrected chi connectivity index (χ1v) is 5.87. The number of para-hydroxylation sites is 2. The molecule has 2 N–H and O–H groups in total. The van der Waals surface area contributed by atoms with Crippen molar-refractivity contribution in [3.8, 4) is 11.5 Å². The quantitative estimate of drug-likeness (QED) is 0.765. The lowest BCUT2D eigenvalue weighted by Gasteiger charge is -2.03. The molecule has 0 atom stereocenters. The molecular formula is C16H18O4. The van der Waals surface area contributed by atoms with Gasteiger partial charge in [-0.2, -0.15) is 0 Å². The van der Waals surface area contributed by atoms with Crippen LogP contribution in [0, 0.1) is 0 Å². The van der Waals surface area contributed by atoms with Gasteiger partial charge in [0.15, 0.2) is 0 Å². The van der Waals surface area contributed by atoms with E-state index in [0.29, 0.717) is 0 Å². The molecule has 106 valence electrons. The van der Waals surface area contributed by atoms with Crippen molar-refractivity contribution in [3.63, 3.8) is 0 Å². The summed E-state index contributed by atoms with van der Waals surface area (Å²) in [5.74, 6) is 1.74. The lowest BCUT2D eigenvalue weighted by molar-refractivity contribution is 0.137. The van der Waals surface area contributed by atoms with Gasteiger partial charge in [0.1, 0.15) is 11.5 Å². The van der Waals surface area contributed by atoms with Crippen molar-refractivity contribution in [2.45, 2.75) is 6.92 Å². The van der Waals surface area contributed by atoms with Gasteiger partial charge in [0, 0.05) is 0 Å². The first-order chi connectivity index (χ1) is 9.60. The molecule has 0 aliphatic carbocycles. The minimum absolute atomic E-state index is 0.869. The second-order valence-corrected chi connectivity index (χ2v) is 3.42. The van der Waals surface area contributed by atoms with E-state index in [1.165, 1.54) is 0 Å². The fourth-order valence-electron chi connectivity index (χ4n) is 1.11.